The second kappa shape index (κ2) is 10.1. The lowest BCUT2D eigenvalue weighted by Crippen LogP contribution is -2.07. The van der Waals surface area contributed by atoms with E-state index in [1.807, 2.05) is 48.5 Å². The molecule has 8 nitrogen and oxygen atoms in total. The lowest BCUT2D eigenvalue weighted by atomic mass is 10.1. The van der Waals surface area contributed by atoms with Crippen molar-refractivity contribution in [1.82, 2.24) is 14.8 Å². The predicted octanol–water partition coefficient (Wildman–Crippen LogP) is 4.54. The van der Waals surface area contributed by atoms with Crippen LogP contribution in [0.15, 0.2) is 66.2 Å². The Labute approximate surface area is 194 Å². The second-order valence-corrected chi connectivity index (χ2v) is 7.70. The number of carbonyl (C=O) groups is 2. The molecule has 0 aliphatic rings. The number of hydrogen-bond donors (Lipinski definition) is 0. The van der Waals surface area contributed by atoms with Gasteiger partial charge < -0.3 is 14.2 Å². The SMILES string of the molecule is CCOC(=O)c1nc(COC(=O)c2cn(-c3ccccc3)nc2-c2cccc(OC)c2)cs1. The smallest absolute Gasteiger partial charge is 0.367 e. The molecule has 0 amide bonds. The zero-order valence-electron chi connectivity index (χ0n) is 18.1. The van der Waals surface area contributed by atoms with Gasteiger partial charge in [0.2, 0.25) is 5.01 Å². The van der Waals surface area contributed by atoms with Crippen molar-refractivity contribution in [3.8, 4) is 22.7 Å². The van der Waals surface area contributed by atoms with Gasteiger partial charge >= 0.3 is 11.9 Å². The van der Waals surface area contributed by atoms with Gasteiger partial charge in [-0.3, -0.25) is 0 Å². The molecule has 0 unspecified atom stereocenters. The number of hydrogen-bond acceptors (Lipinski definition) is 8. The van der Waals surface area contributed by atoms with Gasteiger partial charge in [-0.25, -0.2) is 19.3 Å². The number of nitrogens with zero attached hydrogens (tertiary/aromatic N) is 3. The topological polar surface area (TPSA) is 92.5 Å². The van der Waals surface area contributed by atoms with Gasteiger partial charge in [0.05, 0.1) is 25.1 Å². The molecule has 2 aromatic carbocycles. The van der Waals surface area contributed by atoms with E-state index >= 15 is 0 Å². The van der Waals surface area contributed by atoms with E-state index < -0.39 is 11.9 Å². The quantitative estimate of drug-likeness (QED) is 0.354. The number of aromatic nitrogens is 3. The first-order valence-electron chi connectivity index (χ1n) is 10.2. The van der Waals surface area contributed by atoms with Crippen LogP contribution in [0.3, 0.4) is 0 Å². The van der Waals surface area contributed by atoms with E-state index in [1.165, 1.54) is 0 Å². The van der Waals surface area contributed by atoms with Crippen molar-refractivity contribution in [3.63, 3.8) is 0 Å². The standard InChI is InChI=1S/C24H21N3O5S/c1-3-31-24(29)22-25-17(15-33-22)14-32-23(28)20-13-27(18-9-5-4-6-10-18)26-21(20)16-8-7-11-19(12-16)30-2/h4-13,15H,3,14H2,1-2H3. The fourth-order valence-electron chi connectivity index (χ4n) is 3.10. The van der Waals surface area contributed by atoms with Gasteiger partial charge in [-0.1, -0.05) is 30.3 Å². The maximum absolute atomic E-state index is 13.0. The minimum atomic E-state index is -0.555. The van der Waals surface area contributed by atoms with Gasteiger partial charge in [0.25, 0.3) is 0 Å². The Kier molecular flexibility index (Phi) is 6.80. The van der Waals surface area contributed by atoms with E-state index in [0.717, 1.165) is 17.0 Å². The summed E-state index contributed by atoms with van der Waals surface area (Å²) in [5.74, 6) is -0.403. The van der Waals surface area contributed by atoms with Gasteiger partial charge in [-0.2, -0.15) is 5.10 Å². The van der Waals surface area contributed by atoms with Crippen LogP contribution in [0, 0.1) is 0 Å². The van der Waals surface area contributed by atoms with Crippen molar-refractivity contribution in [2.45, 2.75) is 13.5 Å². The Morgan fingerprint density at radius 2 is 1.85 bits per heavy atom. The van der Waals surface area contributed by atoms with Crippen molar-refractivity contribution in [3.05, 3.63) is 82.4 Å². The minimum absolute atomic E-state index is 0.0805. The van der Waals surface area contributed by atoms with E-state index in [-0.39, 0.29) is 18.2 Å². The Hall–Kier alpha value is -3.98. The summed E-state index contributed by atoms with van der Waals surface area (Å²) in [5, 5.41) is 6.52. The van der Waals surface area contributed by atoms with E-state index in [9.17, 15) is 9.59 Å². The number of benzene rings is 2. The Morgan fingerprint density at radius 3 is 2.61 bits per heavy atom. The van der Waals surface area contributed by atoms with Crippen LogP contribution < -0.4 is 4.74 Å². The average Bonchev–Trinajstić information content (AvgIpc) is 3.51. The van der Waals surface area contributed by atoms with Gasteiger partial charge in [0.15, 0.2) is 0 Å². The Morgan fingerprint density at radius 1 is 1.03 bits per heavy atom. The number of thiazole rings is 1. The van der Waals surface area contributed by atoms with Crippen LogP contribution in [0.2, 0.25) is 0 Å². The summed E-state index contributed by atoms with van der Waals surface area (Å²) in [6.07, 6.45) is 1.64. The van der Waals surface area contributed by atoms with Crippen LogP contribution in [0.5, 0.6) is 5.75 Å². The maximum atomic E-state index is 13.0. The van der Waals surface area contributed by atoms with Gasteiger partial charge in [0.1, 0.15) is 23.6 Å². The summed E-state index contributed by atoms with van der Waals surface area (Å²) in [6.45, 7) is 1.91. The minimum Gasteiger partial charge on any atom is -0.497 e. The summed E-state index contributed by atoms with van der Waals surface area (Å²) in [6, 6.07) is 16.8. The molecule has 0 aliphatic carbocycles. The molecule has 4 aromatic rings. The number of carbonyl (C=O) groups excluding carboxylic acids is 2. The van der Waals surface area contributed by atoms with E-state index in [2.05, 4.69) is 10.1 Å². The van der Waals surface area contributed by atoms with Crippen LogP contribution in [0.1, 0.15) is 32.8 Å². The highest BCUT2D eigenvalue weighted by Crippen LogP contribution is 2.27. The van der Waals surface area contributed by atoms with Gasteiger partial charge in [0, 0.05) is 17.1 Å². The molecular formula is C24H21N3O5S. The molecule has 0 saturated carbocycles. The number of rotatable bonds is 8. The van der Waals surface area contributed by atoms with Gasteiger partial charge in [-0.05, 0) is 31.2 Å². The van der Waals surface area contributed by atoms with Crippen LogP contribution in [-0.4, -0.2) is 40.4 Å². The average molecular weight is 464 g/mol. The summed E-state index contributed by atoms with van der Waals surface area (Å²) < 4.78 is 17.4. The first kappa shape index (κ1) is 22.2. The molecule has 0 spiro atoms. The Balaban J connectivity index is 1.60. The van der Waals surface area contributed by atoms with Crippen molar-refractivity contribution in [2.75, 3.05) is 13.7 Å². The zero-order chi connectivity index (χ0) is 23.2. The molecule has 4 rings (SSSR count). The van der Waals surface area contributed by atoms with Crippen molar-refractivity contribution < 1.29 is 23.8 Å². The van der Waals surface area contributed by atoms with E-state index in [1.54, 1.807) is 36.4 Å². The van der Waals surface area contributed by atoms with Crippen molar-refractivity contribution in [1.29, 1.82) is 0 Å². The first-order chi connectivity index (χ1) is 16.1. The zero-order valence-corrected chi connectivity index (χ0v) is 18.9. The number of esters is 2. The lowest BCUT2D eigenvalue weighted by molar-refractivity contribution is 0.0469. The normalized spacial score (nSPS) is 10.6. The fourth-order valence-corrected chi connectivity index (χ4v) is 3.79. The molecular weight excluding hydrogens is 442 g/mol. The molecule has 9 heteroatoms. The molecule has 33 heavy (non-hydrogen) atoms. The summed E-state index contributed by atoms with van der Waals surface area (Å²) in [5.41, 5.74) is 2.75. The fraction of sp³-hybridized carbons (Fsp3) is 0.167. The molecule has 2 aromatic heterocycles. The highest BCUT2D eigenvalue weighted by Gasteiger charge is 2.21. The van der Waals surface area contributed by atoms with Crippen molar-refractivity contribution >= 4 is 23.3 Å². The summed E-state index contributed by atoms with van der Waals surface area (Å²) in [4.78, 5) is 29.0. The molecule has 0 aliphatic heterocycles. The van der Waals surface area contributed by atoms with Gasteiger partial charge in [-0.15, -0.1) is 11.3 Å². The molecule has 0 fully saturated rings. The highest BCUT2D eigenvalue weighted by molar-refractivity contribution is 7.11. The van der Waals surface area contributed by atoms with E-state index in [4.69, 9.17) is 14.2 Å². The molecule has 168 valence electrons. The summed E-state index contributed by atoms with van der Waals surface area (Å²) in [7, 11) is 1.58. The second-order valence-electron chi connectivity index (χ2n) is 6.84. The predicted molar refractivity (Wildman–Crippen MR) is 123 cm³/mol. The van der Waals surface area contributed by atoms with Crippen molar-refractivity contribution in [2.24, 2.45) is 0 Å². The molecule has 2 heterocycles. The van der Waals surface area contributed by atoms with E-state index in [0.29, 0.717) is 28.3 Å². The van der Waals surface area contributed by atoms with Crippen LogP contribution in [0.25, 0.3) is 16.9 Å². The monoisotopic (exact) mass is 463 g/mol. The molecule has 0 atom stereocenters. The van der Waals surface area contributed by atoms with Crippen LogP contribution >= 0.6 is 11.3 Å². The lowest BCUT2D eigenvalue weighted by Gasteiger charge is -2.05. The summed E-state index contributed by atoms with van der Waals surface area (Å²) >= 11 is 1.14. The van der Waals surface area contributed by atoms with Crippen LogP contribution in [-0.2, 0) is 16.1 Å². The molecule has 0 bridgehead atoms. The Bertz CT molecular complexity index is 1270. The molecule has 0 N–H and O–H groups in total. The molecule has 0 radical (unpaired) electrons. The third-order valence-electron chi connectivity index (χ3n) is 4.65. The number of ether oxygens (including phenoxy) is 3. The third kappa shape index (κ3) is 5.09. The number of para-hydroxylation sites is 1. The number of methoxy groups -OCH3 is 1. The molecule has 0 saturated heterocycles. The first-order valence-corrected chi connectivity index (χ1v) is 11.0. The highest BCUT2D eigenvalue weighted by atomic mass is 32.1. The third-order valence-corrected chi connectivity index (χ3v) is 5.52. The largest absolute Gasteiger partial charge is 0.497 e. The van der Waals surface area contributed by atoms with Crippen LogP contribution in [0.4, 0.5) is 0 Å². The maximum Gasteiger partial charge on any atom is 0.367 e.